The summed E-state index contributed by atoms with van der Waals surface area (Å²) in [6.07, 6.45) is 8.91. The minimum Gasteiger partial charge on any atom is -0.496 e. The molecule has 0 atom stereocenters. The number of carboxylic acid groups (broad SMARTS) is 1. The van der Waals surface area contributed by atoms with Crippen molar-refractivity contribution in [3.8, 4) is 28.4 Å². The van der Waals surface area contributed by atoms with Crippen LogP contribution in [0, 0.1) is 23.7 Å². The molecule has 52 heavy (non-hydrogen) atoms. The summed E-state index contributed by atoms with van der Waals surface area (Å²) in [5.41, 5.74) is 1.91. The SMILES string of the molecule is COc1cccc(OC)c1-c1cc(C(=O)NC2(C(=O)O)C3CC4CC(C3)CC2C4)nn1-c1ccc(C(=O)NCCC2NC=CN2)cc1C(C)C.Cl.Cl. The molecule has 0 radical (unpaired) electrons. The molecule has 5 N–H and O–H groups in total. The van der Waals surface area contributed by atoms with Crippen molar-refractivity contribution in [3.05, 3.63) is 71.7 Å². The van der Waals surface area contributed by atoms with Gasteiger partial charge in [-0.15, -0.1) is 24.8 Å². The number of ether oxygens (including phenoxy) is 2. The van der Waals surface area contributed by atoms with E-state index >= 15 is 0 Å². The summed E-state index contributed by atoms with van der Waals surface area (Å²) in [4.78, 5) is 40.6. The Morgan fingerprint density at radius 2 is 1.54 bits per heavy atom. The van der Waals surface area contributed by atoms with Gasteiger partial charge in [-0.1, -0.05) is 19.9 Å². The summed E-state index contributed by atoms with van der Waals surface area (Å²) in [6, 6.07) is 12.6. The molecule has 2 amide bonds. The zero-order valence-corrected chi connectivity index (χ0v) is 31.4. The number of carboxylic acids is 1. The van der Waals surface area contributed by atoms with Crippen LogP contribution in [0.15, 0.2) is 54.9 Å². The van der Waals surface area contributed by atoms with Crippen LogP contribution >= 0.6 is 24.8 Å². The number of nitrogens with one attached hydrogen (secondary N) is 4. The van der Waals surface area contributed by atoms with Gasteiger partial charge < -0.3 is 35.8 Å². The largest absolute Gasteiger partial charge is 0.496 e. The zero-order valence-electron chi connectivity index (χ0n) is 29.8. The minimum absolute atomic E-state index is 0. The first-order chi connectivity index (χ1) is 24.1. The average Bonchev–Trinajstić information content (AvgIpc) is 3.79. The van der Waals surface area contributed by atoms with Crippen molar-refractivity contribution in [2.24, 2.45) is 23.7 Å². The molecule has 14 heteroatoms. The van der Waals surface area contributed by atoms with Gasteiger partial charge in [0.2, 0.25) is 0 Å². The van der Waals surface area contributed by atoms with Crippen molar-refractivity contribution < 1.29 is 29.0 Å². The smallest absolute Gasteiger partial charge is 0.330 e. The van der Waals surface area contributed by atoms with E-state index in [1.807, 2.05) is 56.6 Å². The molecule has 4 bridgehead atoms. The molecular weight excluding hydrogens is 707 g/mol. The highest BCUT2D eigenvalue weighted by Gasteiger charge is 2.62. The molecule has 4 fully saturated rings. The number of rotatable bonds is 12. The van der Waals surface area contributed by atoms with E-state index in [2.05, 4.69) is 21.3 Å². The van der Waals surface area contributed by atoms with Gasteiger partial charge in [0, 0.05) is 30.9 Å². The number of hydrogen-bond donors (Lipinski definition) is 5. The van der Waals surface area contributed by atoms with Crippen LogP contribution in [0.5, 0.6) is 11.5 Å². The number of benzene rings is 2. The van der Waals surface area contributed by atoms with Crippen LogP contribution < -0.4 is 30.7 Å². The first kappa shape index (κ1) is 38.8. The number of hydrogen-bond acceptors (Lipinski definition) is 8. The van der Waals surface area contributed by atoms with Crippen LogP contribution in [0.4, 0.5) is 0 Å². The molecule has 1 aliphatic heterocycles. The van der Waals surface area contributed by atoms with Gasteiger partial charge in [0.05, 0.1) is 37.3 Å². The first-order valence-electron chi connectivity index (χ1n) is 17.6. The topological polar surface area (TPSA) is 156 Å². The molecule has 2 heterocycles. The summed E-state index contributed by atoms with van der Waals surface area (Å²) < 4.78 is 13.2. The maximum atomic E-state index is 14.3. The highest BCUT2D eigenvalue weighted by Crippen LogP contribution is 2.58. The maximum absolute atomic E-state index is 14.3. The monoisotopic (exact) mass is 754 g/mol. The highest BCUT2D eigenvalue weighted by atomic mass is 35.5. The van der Waals surface area contributed by atoms with Gasteiger partial charge in [0.25, 0.3) is 11.8 Å². The van der Waals surface area contributed by atoms with Crippen molar-refractivity contribution in [1.29, 1.82) is 0 Å². The van der Waals surface area contributed by atoms with Crippen LogP contribution in [0.1, 0.15) is 84.7 Å². The highest BCUT2D eigenvalue weighted by molar-refractivity contribution is 5.98. The summed E-state index contributed by atoms with van der Waals surface area (Å²) in [5, 5.41) is 28.0. The van der Waals surface area contributed by atoms with Crippen LogP contribution in [0.2, 0.25) is 0 Å². The Kier molecular flexibility index (Phi) is 11.7. The molecule has 8 rings (SSSR count). The standard InChI is InChI=1S/C38H46N6O6.2ClH/c1-21(2)27-19-24(35(45)41-11-10-33-39-12-13-40-33)8-9-29(27)44-30(34-31(49-3)6-5-7-32(34)50-4)20-28(43-44)36(46)42-38(37(47)48)25-15-22-14-23(17-25)18-26(38)16-22;;/h5-9,12-13,19-23,25-26,33,39-40H,10-11,14-18H2,1-4H3,(H,41,45)(H,42,46)(H,47,48);2*1H. The number of nitrogens with zero attached hydrogens (tertiary/aromatic N) is 2. The molecule has 3 aromatic rings. The van der Waals surface area contributed by atoms with Crippen LogP contribution in [-0.2, 0) is 4.79 Å². The molecule has 4 saturated carbocycles. The van der Waals surface area contributed by atoms with E-state index in [4.69, 9.17) is 14.6 Å². The lowest BCUT2D eigenvalue weighted by Crippen LogP contribution is -2.70. The third kappa shape index (κ3) is 6.90. The normalized spacial score (nSPS) is 23.9. The third-order valence-electron chi connectivity index (χ3n) is 11.3. The Morgan fingerprint density at radius 1 is 0.923 bits per heavy atom. The number of amides is 2. The van der Waals surface area contributed by atoms with Gasteiger partial charge in [0.1, 0.15) is 17.0 Å². The van der Waals surface area contributed by atoms with Gasteiger partial charge in [-0.2, -0.15) is 5.10 Å². The van der Waals surface area contributed by atoms with Gasteiger partial charge in [0.15, 0.2) is 5.69 Å². The first-order valence-corrected chi connectivity index (χ1v) is 17.6. The lowest BCUT2D eigenvalue weighted by atomic mass is 9.48. The second-order valence-corrected chi connectivity index (χ2v) is 14.5. The number of carbonyl (C=O) groups is 3. The average molecular weight is 756 g/mol. The molecule has 12 nitrogen and oxygen atoms in total. The van der Waals surface area contributed by atoms with Crippen molar-refractivity contribution in [3.63, 3.8) is 0 Å². The Balaban J connectivity index is 0.00000261. The van der Waals surface area contributed by atoms with Gasteiger partial charge >= 0.3 is 5.97 Å². The number of carbonyl (C=O) groups excluding carboxylic acids is 2. The molecule has 0 spiro atoms. The fraction of sp³-hybridized carbons (Fsp3) is 0.474. The minimum atomic E-state index is -1.32. The third-order valence-corrected chi connectivity index (χ3v) is 11.3. The molecule has 2 aromatic carbocycles. The van der Waals surface area contributed by atoms with E-state index in [1.54, 1.807) is 31.0 Å². The fourth-order valence-corrected chi connectivity index (χ4v) is 9.07. The van der Waals surface area contributed by atoms with Crippen molar-refractivity contribution in [2.75, 3.05) is 20.8 Å². The summed E-state index contributed by atoms with van der Waals surface area (Å²) >= 11 is 0. The summed E-state index contributed by atoms with van der Waals surface area (Å²) in [6.45, 7) is 4.56. The second kappa shape index (κ2) is 15.7. The van der Waals surface area contributed by atoms with Gasteiger partial charge in [-0.3, -0.25) is 9.59 Å². The van der Waals surface area contributed by atoms with Gasteiger partial charge in [-0.05, 0) is 104 Å². The Bertz CT molecular complexity index is 1790. The van der Waals surface area contributed by atoms with E-state index in [1.165, 1.54) is 0 Å². The quantitative estimate of drug-likeness (QED) is 0.158. The molecule has 280 valence electrons. The molecule has 4 aliphatic carbocycles. The van der Waals surface area contributed by atoms with Crippen molar-refractivity contribution >= 4 is 42.6 Å². The van der Waals surface area contributed by atoms with Gasteiger partial charge in [-0.25, -0.2) is 9.48 Å². The number of aliphatic carboxylic acids is 1. The lowest BCUT2D eigenvalue weighted by Gasteiger charge is -2.59. The van der Waals surface area contributed by atoms with Crippen LogP contribution in [0.25, 0.3) is 16.9 Å². The van der Waals surface area contributed by atoms with Crippen molar-refractivity contribution in [2.45, 2.75) is 70.0 Å². The lowest BCUT2D eigenvalue weighted by molar-refractivity contribution is -0.163. The van der Waals surface area contributed by atoms with Crippen LogP contribution in [0.3, 0.4) is 0 Å². The van der Waals surface area contributed by atoms with E-state index < -0.39 is 17.4 Å². The summed E-state index contributed by atoms with van der Waals surface area (Å²) in [7, 11) is 3.13. The second-order valence-electron chi connectivity index (χ2n) is 14.5. The molecule has 0 saturated heterocycles. The van der Waals surface area contributed by atoms with E-state index in [-0.39, 0.29) is 60.3 Å². The fourth-order valence-electron chi connectivity index (χ4n) is 9.07. The predicted molar refractivity (Wildman–Crippen MR) is 202 cm³/mol. The number of halogens is 2. The predicted octanol–water partition coefficient (Wildman–Crippen LogP) is 5.64. The molecule has 5 aliphatic rings. The van der Waals surface area contributed by atoms with E-state index in [9.17, 15) is 19.5 Å². The Morgan fingerprint density at radius 3 is 2.10 bits per heavy atom. The van der Waals surface area contributed by atoms with Crippen molar-refractivity contribution in [1.82, 2.24) is 31.0 Å². The molecule has 1 aromatic heterocycles. The van der Waals surface area contributed by atoms with E-state index in [0.29, 0.717) is 58.8 Å². The molecule has 0 unspecified atom stereocenters. The van der Waals surface area contributed by atoms with E-state index in [0.717, 1.165) is 37.7 Å². The zero-order chi connectivity index (χ0) is 35.2. The maximum Gasteiger partial charge on any atom is 0.330 e. The Labute approximate surface area is 316 Å². The molecular formula is C38H48Cl2N6O6. The van der Waals surface area contributed by atoms with Crippen LogP contribution in [-0.4, -0.2) is 65.1 Å². The number of aromatic nitrogens is 2. The Hall–Kier alpha value is -4.42. The number of methoxy groups -OCH3 is 2. The summed E-state index contributed by atoms with van der Waals surface area (Å²) in [5.74, 6) is 0.181.